The van der Waals surface area contributed by atoms with Gasteiger partial charge < -0.3 is 4.74 Å². The molecule has 0 atom stereocenters. The van der Waals surface area contributed by atoms with E-state index in [1.165, 1.54) is 16.4 Å². The van der Waals surface area contributed by atoms with Gasteiger partial charge in [0.25, 0.3) is 0 Å². The van der Waals surface area contributed by atoms with E-state index in [0.717, 1.165) is 17.9 Å². The monoisotopic (exact) mass is 335 g/mol. The van der Waals surface area contributed by atoms with Gasteiger partial charge in [0.2, 0.25) is 10.0 Å². The normalized spacial score (nSPS) is 17.1. The molecule has 0 aliphatic carbocycles. The number of para-hydroxylation sites is 1. The van der Waals surface area contributed by atoms with Crippen molar-refractivity contribution in [3.8, 4) is 5.75 Å². The maximum Gasteiger partial charge on any atom is 0.243 e. The van der Waals surface area contributed by atoms with Gasteiger partial charge >= 0.3 is 0 Å². The van der Waals surface area contributed by atoms with Crippen LogP contribution in [0.1, 0.15) is 12.8 Å². The molecule has 0 unspecified atom stereocenters. The van der Waals surface area contributed by atoms with Crippen LogP contribution >= 0.6 is 0 Å². The quantitative estimate of drug-likeness (QED) is 0.863. The van der Waals surface area contributed by atoms with Gasteiger partial charge in [-0.15, -0.1) is 0 Å². The van der Waals surface area contributed by atoms with E-state index >= 15 is 0 Å². The molecule has 2 aromatic rings. The van der Waals surface area contributed by atoms with Gasteiger partial charge in [-0.05, 0) is 49.2 Å². The van der Waals surface area contributed by atoms with Crippen LogP contribution in [0.5, 0.6) is 5.75 Å². The highest BCUT2D eigenvalue weighted by Crippen LogP contribution is 2.23. The predicted octanol–water partition coefficient (Wildman–Crippen LogP) is 3.06. The van der Waals surface area contributed by atoms with Crippen LogP contribution in [-0.2, 0) is 10.0 Å². The first-order valence-electron chi connectivity index (χ1n) is 7.53. The zero-order valence-corrected chi connectivity index (χ0v) is 13.4. The standard InChI is InChI=1S/C17H18FNO3S/c18-14-6-8-17(9-7-14)23(20,21)19-12-10-16(11-13-19)22-15-4-2-1-3-5-15/h1-9,16H,10-13H2. The molecule has 1 saturated heterocycles. The van der Waals surface area contributed by atoms with Crippen molar-refractivity contribution in [1.82, 2.24) is 4.31 Å². The Kier molecular flexibility index (Phi) is 4.63. The Morgan fingerprint density at radius 2 is 1.57 bits per heavy atom. The lowest BCUT2D eigenvalue weighted by atomic mass is 10.1. The maximum absolute atomic E-state index is 13.0. The van der Waals surface area contributed by atoms with Crippen molar-refractivity contribution in [3.63, 3.8) is 0 Å². The van der Waals surface area contributed by atoms with Crippen LogP contribution in [0.2, 0.25) is 0 Å². The van der Waals surface area contributed by atoms with Gasteiger partial charge in [-0.25, -0.2) is 12.8 Å². The van der Waals surface area contributed by atoms with Crippen molar-refractivity contribution in [2.45, 2.75) is 23.8 Å². The molecule has 1 aliphatic rings. The third kappa shape index (κ3) is 3.71. The second-order valence-electron chi connectivity index (χ2n) is 5.49. The number of halogens is 1. The summed E-state index contributed by atoms with van der Waals surface area (Å²) in [7, 11) is -3.56. The van der Waals surface area contributed by atoms with Crippen LogP contribution in [0, 0.1) is 5.82 Å². The van der Waals surface area contributed by atoms with E-state index in [9.17, 15) is 12.8 Å². The molecular formula is C17H18FNO3S. The largest absolute Gasteiger partial charge is 0.490 e. The molecular weight excluding hydrogens is 317 g/mol. The van der Waals surface area contributed by atoms with E-state index in [1.807, 2.05) is 30.3 Å². The average Bonchev–Trinajstić information content (AvgIpc) is 2.57. The zero-order valence-electron chi connectivity index (χ0n) is 12.6. The number of rotatable bonds is 4. The first-order chi connectivity index (χ1) is 11.1. The maximum atomic E-state index is 13.0. The summed E-state index contributed by atoms with van der Waals surface area (Å²) in [6, 6.07) is 14.5. The summed E-state index contributed by atoms with van der Waals surface area (Å²) in [6.45, 7) is 0.800. The molecule has 0 N–H and O–H groups in total. The number of sulfonamides is 1. The highest BCUT2D eigenvalue weighted by Gasteiger charge is 2.30. The number of ether oxygens (including phenoxy) is 1. The molecule has 23 heavy (non-hydrogen) atoms. The molecule has 0 bridgehead atoms. The molecule has 2 aromatic carbocycles. The lowest BCUT2D eigenvalue weighted by molar-refractivity contribution is 0.135. The number of hydrogen-bond donors (Lipinski definition) is 0. The van der Waals surface area contributed by atoms with Crippen molar-refractivity contribution < 1.29 is 17.5 Å². The second-order valence-corrected chi connectivity index (χ2v) is 7.43. The Morgan fingerprint density at radius 3 is 2.17 bits per heavy atom. The molecule has 1 aliphatic heterocycles. The SMILES string of the molecule is O=S(=O)(c1ccc(F)cc1)N1CCC(Oc2ccccc2)CC1. The van der Waals surface area contributed by atoms with E-state index in [2.05, 4.69) is 0 Å². The number of hydrogen-bond acceptors (Lipinski definition) is 3. The molecule has 0 saturated carbocycles. The summed E-state index contributed by atoms with van der Waals surface area (Å²) < 4.78 is 45.3. The highest BCUT2D eigenvalue weighted by molar-refractivity contribution is 7.89. The molecule has 0 amide bonds. The van der Waals surface area contributed by atoms with Crippen molar-refractivity contribution in [2.24, 2.45) is 0 Å². The molecule has 0 radical (unpaired) electrons. The summed E-state index contributed by atoms with van der Waals surface area (Å²) in [6.07, 6.45) is 1.28. The molecule has 122 valence electrons. The average molecular weight is 335 g/mol. The van der Waals surface area contributed by atoms with E-state index in [4.69, 9.17) is 4.74 Å². The Morgan fingerprint density at radius 1 is 0.957 bits per heavy atom. The fraction of sp³-hybridized carbons (Fsp3) is 0.294. The molecule has 4 nitrogen and oxygen atoms in total. The third-order valence-electron chi connectivity index (χ3n) is 3.90. The van der Waals surface area contributed by atoms with Gasteiger partial charge in [-0.2, -0.15) is 4.31 Å². The van der Waals surface area contributed by atoms with Gasteiger partial charge in [0.15, 0.2) is 0 Å². The fourth-order valence-electron chi connectivity index (χ4n) is 2.64. The predicted molar refractivity (Wildman–Crippen MR) is 85.3 cm³/mol. The van der Waals surface area contributed by atoms with Crippen molar-refractivity contribution in [2.75, 3.05) is 13.1 Å². The topological polar surface area (TPSA) is 46.6 Å². The minimum atomic E-state index is -3.56. The number of piperidine rings is 1. The molecule has 0 aromatic heterocycles. The van der Waals surface area contributed by atoms with Crippen LogP contribution in [0.15, 0.2) is 59.5 Å². The summed E-state index contributed by atoms with van der Waals surface area (Å²) in [5.74, 6) is 0.353. The van der Waals surface area contributed by atoms with Crippen LogP contribution in [0.4, 0.5) is 4.39 Å². The minimum absolute atomic E-state index is 0.0112. The van der Waals surface area contributed by atoms with Crippen molar-refractivity contribution >= 4 is 10.0 Å². The molecule has 3 rings (SSSR count). The lowest BCUT2D eigenvalue weighted by Crippen LogP contribution is -2.41. The first kappa shape index (κ1) is 16.0. The molecule has 1 fully saturated rings. The van der Waals surface area contributed by atoms with Crippen LogP contribution in [0.3, 0.4) is 0 Å². The van der Waals surface area contributed by atoms with Crippen molar-refractivity contribution in [1.29, 1.82) is 0 Å². The van der Waals surface area contributed by atoms with Gasteiger partial charge in [-0.1, -0.05) is 18.2 Å². The van der Waals surface area contributed by atoms with E-state index in [-0.39, 0.29) is 11.0 Å². The lowest BCUT2D eigenvalue weighted by Gasteiger charge is -2.31. The van der Waals surface area contributed by atoms with Gasteiger partial charge in [0.05, 0.1) is 4.90 Å². The first-order valence-corrected chi connectivity index (χ1v) is 8.97. The summed E-state index contributed by atoms with van der Waals surface area (Å²) in [5.41, 5.74) is 0. The Bertz CT molecular complexity index is 739. The van der Waals surface area contributed by atoms with E-state index in [0.29, 0.717) is 25.9 Å². The number of nitrogens with zero attached hydrogens (tertiary/aromatic N) is 1. The van der Waals surface area contributed by atoms with Crippen LogP contribution in [-0.4, -0.2) is 31.9 Å². The Hall–Kier alpha value is -1.92. The van der Waals surface area contributed by atoms with E-state index < -0.39 is 15.8 Å². The fourth-order valence-corrected chi connectivity index (χ4v) is 4.11. The second kappa shape index (κ2) is 6.68. The smallest absolute Gasteiger partial charge is 0.243 e. The zero-order chi connectivity index (χ0) is 16.3. The molecule has 0 spiro atoms. The highest BCUT2D eigenvalue weighted by atomic mass is 32.2. The Labute approximate surface area is 135 Å². The van der Waals surface area contributed by atoms with Gasteiger partial charge in [0, 0.05) is 13.1 Å². The summed E-state index contributed by atoms with van der Waals surface area (Å²) >= 11 is 0. The molecule has 6 heteroatoms. The van der Waals surface area contributed by atoms with Crippen LogP contribution < -0.4 is 4.74 Å². The Balaban J connectivity index is 1.63. The summed E-state index contributed by atoms with van der Waals surface area (Å²) in [4.78, 5) is 0.126. The third-order valence-corrected chi connectivity index (χ3v) is 5.81. The molecule has 1 heterocycles. The number of benzene rings is 2. The van der Waals surface area contributed by atoms with Crippen LogP contribution in [0.25, 0.3) is 0 Å². The minimum Gasteiger partial charge on any atom is -0.490 e. The van der Waals surface area contributed by atoms with Crippen molar-refractivity contribution in [3.05, 3.63) is 60.4 Å². The van der Waals surface area contributed by atoms with Gasteiger partial charge in [0.1, 0.15) is 17.7 Å². The van der Waals surface area contributed by atoms with E-state index in [1.54, 1.807) is 0 Å². The van der Waals surface area contributed by atoms with Gasteiger partial charge in [-0.3, -0.25) is 0 Å². The summed E-state index contributed by atoms with van der Waals surface area (Å²) in [5, 5.41) is 0.